The van der Waals surface area contributed by atoms with Crippen molar-refractivity contribution < 1.29 is 9.13 Å². The first-order chi connectivity index (χ1) is 6.09. The van der Waals surface area contributed by atoms with E-state index in [2.05, 4.69) is 0 Å². The Kier molecular flexibility index (Phi) is 3.13. The molecule has 1 aromatic rings. The fourth-order valence-corrected chi connectivity index (χ4v) is 1.61. The Morgan fingerprint density at radius 3 is 2.31 bits per heavy atom. The molecule has 0 spiro atoms. The third-order valence-corrected chi connectivity index (χ3v) is 2.26. The van der Waals surface area contributed by atoms with Gasteiger partial charge >= 0.3 is 0 Å². The topological polar surface area (TPSA) is 60.2 Å². The van der Waals surface area contributed by atoms with Crippen LogP contribution in [0.15, 0.2) is 24.3 Å². The lowest BCUT2D eigenvalue weighted by atomic mass is 10.2. The van der Waals surface area contributed by atoms with E-state index < -0.39 is 15.7 Å². The van der Waals surface area contributed by atoms with Crippen molar-refractivity contribution in [2.24, 2.45) is 0 Å². The summed E-state index contributed by atoms with van der Waals surface area (Å²) in [6, 6.07) is 6.09. The van der Waals surface area contributed by atoms with E-state index in [1.165, 1.54) is 12.1 Å². The Balaban J connectivity index is 2.81. The molecule has 0 heterocycles. The first-order valence-electron chi connectivity index (χ1n) is 3.63. The molecule has 0 bridgehead atoms. The number of hydrogen-bond acceptors (Lipinski definition) is 3. The standard InChI is InChI=1S/C8H9NO3S/c1-13(12)6-7-2-4-8(5-3-7)9(10)11/h2-5H,6H2,1H3/t13-/m0/s1. The van der Waals surface area contributed by atoms with Gasteiger partial charge in [-0.05, 0) is 5.56 Å². The zero-order valence-corrected chi connectivity index (χ0v) is 7.91. The monoisotopic (exact) mass is 199 g/mol. The molecule has 0 aromatic heterocycles. The summed E-state index contributed by atoms with van der Waals surface area (Å²) >= 11 is 0. The van der Waals surface area contributed by atoms with Crippen molar-refractivity contribution in [1.82, 2.24) is 0 Å². The zero-order valence-electron chi connectivity index (χ0n) is 7.10. The molecule has 0 aliphatic heterocycles. The molecule has 1 atom stereocenters. The van der Waals surface area contributed by atoms with Gasteiger partial charge in [-0.2, -0.15) is 0 Å². The van der Waals surface area contributed by atoms with Crippen molar-refractivity contribution in [3.63, 3.8) is 0 Å². The molecule has 5 heteroatoms. The largest absolute Gasteiger partial charge is 0.269 e. The van der Waals surface area contributed by atoms with Crippen LogP contribution >= 0.6 is 0 Å². The zero-order chi connectivity index (χ0) is 9.84. The maximum absolute atomic E-state index is 10.8. The first kappa shape index (κ1) is 9.85. The van der Waals surface area contributed by atoms with Crippen LogP contribution in [0.1, 0.15) is 5.56 Å². The van der Waals surface area contributed by atoms with E-state index in [9.17, 15) is 14.3 Å². The van der Waals surface area contributed by atoms with Crippen LogP contribution in [0.2, 0.25) is 0 Å². The van der Waals surface area contributed by atoms with Gasteiger partial charge in [-0.1, -0.05) is 12.1 Å². The molecule has 0 radical (unpaired) electrons. The minimum atomic E-state index is -0.904. The summed E-state index contributed by atoms with van der Waals surface area (Å²) in [5.41, 5.74) is 0.914. The maximum Gasteiger partial charge on any atom is 0.269 e. The molecule has 0 unspecified atom stereocenters. The summed E-state index contributed by atoms with van der Waals surface area (Å²) in [7, 11) is -0.904. The van der Waals surface area contributed by atoms with E-state index in [4.69, 9.17) is 0 Å². The van der Waals surface area contributed by atoms with Crippen molar-refractivity contribution in [3.05, 3.63) is 39.9 Å². The number of nitro groups is 1. The molecular formula is C8H9NO3S. The van der Waals surface area contributed by atoms with E-state index in [1.54, 1.807) is 18.4 Å². The second-order valence-electron chi connectivity index (χ2n) is 2.64. The molecule has 13 heavy (non-hydrogen) atoms. The lowest BCUT2D eigenvalue weighted by molar-refractivity contribution is -0.384. The van der Waals surface area contributed by atoms with Crippen LogP contribution in [0, 0.1) is 10.1 Å². The molecular weight excluding hydrogens is 190 g/mol. The van der Waals surface area contributed by atoms with E-state index in [-0.39, 0.29) is 5.69 Å². The van der Waals surface area contributed by atoms with E-state index in [0.29, 0.717) is 5.75 Å². The highest BCUT2D eigenvalue weighted by molar-refractivity contribution is 7.83. The molecule has 0 saturated carbocycles. The van der Waals surface area contributed by atoms with Crippen LogP contribution in [0.5, 0.6) is 0 Å². The van der Waals surface area contributed by atoms with Gasteiger partial charge in [0.25, 0.3) is 5.69 Å². The lowest BCUT2D eigenvalue weighted by Gasteiger charge is -1.96. The van der Waals surface area contributed by atoms with Gasteiger partial charge in [0.05, 0.1) is 4.92 Å². The number of benzene rings is 1. The number of rotatable bonds is 3. The van der Waals surface area contributed by atoms with Crippen LogP contribution < -0.4 is 0 Å². The van der Waals surface area contributed by atoms with Gasteiger partial charge in [-0.25, -0.2) is 0 Å². The van der Waals surface area contributed by atoms with Crippen molar-refractivity contribution in [1.29, 1.82) is 0 Å². The second kappa shape index (κ2) is 4.13. The molecule has 0 saturated heterocycles. The van der Waals surface area contributed by atoms with Gasteiger partial charge in [0.15, 0.2) is 0 Å². The van der Waals surface area contributed by atoms with Gasteiger partial charge in [0, 0.05) is 34.9 Å². The summed E-state index contributed by atoms with van der Waals surface area (Å²) in [6.07, 6.45) is 1.60. The molecule has 0 amide bonds. The molecule has 0 N–H and O–H groups in total. The predicted octanol–water partition coefficient (Wildman–Crippen LogP) is 1.47. The summed E-state index contributed by atoms with van der Waals surface area (Å²) in [5.74, 6) is 0.442. The van der Waals surface area contributed by atoms with Gasteiger partial charge in [-0.15, -0.1) is 0 Å². The Morgan fingerprint density at radius 2 is 1.92 bits per heavy atom. The number of nitrogens with zero attached hydrogens (tertiary/aromatic N) is 1. The summed E-state index contributed by atoms with van der Waals surface area (Å²) < 4.78 is 10.8. The highest BCUT2D eigenvalue weighted by Crippen LogP contribution is 2.12. The van der Waals surface area contributed by atoms with Crippen molar-refractivity contribution in [3.8, 4) is 0 Å². The number of non-ortho nitro benzene ring substituents is 1. The third-order valence-electron chi connectivity index (χ3n) is 1.52. The fourth-order valence-electron chi connectivity index (χ4n) is 0.949. The SMILES string of the molecule is C[S@](=O)Cc1ccc([N+](=O)[O-])cc1. The maximum atomic E-state index is 10.8. The van der Waals surface area contributed by atoms with Gasteiger partial charge < -0.3 is 0 Å². The molecule has 1 aromatic carbocycles. The van der Waals surface area contributed by atoms with E-state index >= 15 is 0 Å². The van der Waals surface area contributed by atoms with Gasteiger partial charge in [0.1, 0.15) is 0 Å². The van der Waals surface area contributed by atoms with Gasteiger partial charge in [0.2, 0.25) is 0 Å². The minimum absolute atomic E-state index is 0.0608. The highest BCUT2D eigenvalue weighted by atomic mass is 32.2. The smallest absolute Gasteiger partial charge is 0.260 e. The van der Waals surface area contributed by atoms with E-state index in [0.717, 1.165) is 5.56 Å². The molecule has 0 aliphatic rings. The Bertz CT molecular complexity index is 334. The molecule has 0 aliphatic carbocycles. The second-order valence-corrected chi connectivity index (χ2v) is 4.08. The molecule has 4 nitrogen and oxygen atoms in total. The van der Waals surface area contributed by atoms with Crippen LogP contribution in [0.25, 0.3) is 0 Å². The van der Waals surface area contributed by atoms with E-state index in [1.807, 2.05) is 0 Å². The van der Waals surface area contributed by atoms with Crippen LogP contribution in [-0.4, -0.2) is 15.4 Å². The summed E-state index contributed by atoms with van der Waals surface area (Å²) in [5, 5.41) is 10.3. The van der Waals surface area contributed by atoms with Crippen LogP contribution in [0.3, 0.4) is 0 Å². The molecule has 1 rings (SSSR count). The molecule has 0 fully saturated rings. The van der Waals surface area contributed by atoms with Gasteiger partial charge in [-0.3, -0.25) is 14.3 Å². The van der Waals surface area contributed by atoms with Crippen molar-refractivity contribution in [2.75, 3.05) is 6.26 Å². The van der Waals surface area contributed by atoms with Crippen molar-refractivity contribution >= 4 is 16.5 Å². The predicted molar refractivity (Wildman–Crippen MR) is 50.9 cm³/mol. The quantitative estimate of drug-likeness (QED) is 0.547. The highest BCUT2D eigenvalue weighted by Gasteiger charge is 2.03. The Hall–Kier alpha value is -1.23. The normalized spacial score (nSPS) is 12.4. The van der Waals surface area contributed by atoms with Crippen LogP contribution in [0.4, 0.5) is 5.69 Å². The summed E-state index contributed by atoms with van der Waals surface area (Å²) in [6.45, 7) is 0. The molecule has 70 valence electrons. The fraction of sp³-hybridized carbons (Fsp3) is 0.250. The Morgan fingerprint density at radius 1 is 1.38 bits per heavy atom. The first-order valence-corrected chi connectivity index (χ1v) is 5.35. The lowest BCUT2D eigenvalue weighted by Crippen LogP contribution is -1.93. The third kappa shape index (κ3) is 2.95. The van der Waals surface area contributed by atoms with Crippen molar-refractivity contribution in [2.45, 2.75) is 5.75 Å². The minimum Gasteiger partial charge on any atom is -0.260 e. The summed E-state index contributed by atoms with van der Waals surface area (Å²) in [4.78, 5) is 9.83. The van der Waals surface area contributed by atoms with Crippen LogP contribution in [-0.2, 0) is 16.6 Å². The average molecular weight is 199 g/mol. The average Bonchev–Trinajstić information content (AvgIpc) is 2.04. The number of hydrogen-bond donors (Lipinski definition) is 0. The number of nitro benzene ring substituents is 1. The Labute approximate surface area is 78.2 Å².